The normalized spacial score (nSPS) is 9.83. The summed E-state index contributed by atoms with van der Waals surface area (Å²) in [6.07, 6.45) is 0.611. The number of carbonyl (C=O) groups is 1. The molecule has 3 heteroatoms. The standard InChI is InChI=1S/C9H9FO2/c1-12-6-8-3-2-7(5-11)4-9(8)10/h2-5H,6H2,1H3. The Morgan fingerprint density at radius 1 is 1.58 bits per heavy atom. The van der Waals surface area contributed by atoms with Crippen LogP contribution in [-0.4, -0.2) is 13.4 Å². The van der Waals surface area contributed by atoms with Crippen LogP contribution in [0.25, 0.3) is 0 Å². The third-order valence-corrected chi connectivity index (χ3v) is 1.51. The first-order chi connectivity index (χ1) is 5.77. The number of benzene rings is 1. The van der Waals surface area contributed by atoms with Gasteiger partial charge in [-0.2, -0.15) is 0 Å². The van der Waals surface area contributed by atoms with Gasteiger partial charge in [0.25, 0.3) is 0 Å². The Bertz CT molecular complexity index is 284. The zero-order valence-electron chi connectivity index (χ0n) is 6.71. The molecule has 2 nitrogen and oxygen atoms in total. The third kappa shape index (κ3) is 1.89. The zero-order valence-corrected chi connectivity index (χ0v) is 6.71. The first-order valence-electron chi connectivity index (χ1n) is 3.50. The van der Waals surface area contributed by atoms with E-state index in [4.69, 9.17) is 4.74 Å². The molecule has 0 saturated heterocycles. The number of carbonyl (C=O) groups excluding carboxylic acids is 1. The topological polar surface area (TPSA) is 26.3 Å². The molecule has 1 aromatic rings. The first kappa shape index (κ1) is 8.87. The predicted molar refractivity (Wildman–Crippen MR) is 42.5 cm³/mol. The molecule has 0 aliphatic carbocycles. The summed E-state index contributed by atoms with van der Waals surface area (Å²) in [4.78, 5) is 10.2. The lowest BCUT2D eigenvalue weighted by molar-refractivity contribution is 0.112. The van der Waals surface area contributed by atoms with Gasteiger partial charge in [0.05, 0.1) is 6.61 Å². The molecule has 0 amide bonds. The van der Waals surface area contributed by atoms with Gasteiger partial charge in [-0.05, 0) is 6.07 Å². The van der Waals surface area contributed by atoms with E-state index in [0.29, 0.717) is 17.4 Å². The van der Waals surface area contributed by atoms with Crippen LogP contribution < -0.4 is 0 Å². The van der Waals surface area contributed by atoms with Crippen molar-refractivity contribution in [1.82, 2.24) is 0 Å². The molecule has 0 unspecified atom stereocenters. The second-order valence-corrected chi connectivity index (χ2v) is 2.40. The van der Waals surface area contributed by atoms with Gasteiger partial charge in [0.15, 0.2) is 0 Å². The predicted octanol–water partition coefficient (Wildman–Crippen LogP) is 1.78. The first-order valence-corrected chi connectivity index (χ1v) is 3.50. The van der Waals surface area contributed by atoms with Gasteiger partial charge in [0.2, 0.25) is 0 Å². The SMILES string of the molecule is COCc1ccc(C=O)cc1F. The van der Waals surface area contributed by atoms with Gasteiger partial charge in [-0.25, -0.2) is 4.39 Å². The van der Waals surface area contributed by atoms with Crippen LogP contribution in [0.2, 0.25) is 0 Å². The quantitative estimate of drug-likeness (QED) is 0.643. The molecule has 0 bridgehead atoms. The summed E-state index contributed by atoms with van der Waals surface area (Å²) in [6.45, 7) is 0.227. The molecule has 0 spiro atoms. The molecule has 12 heavy (non-hydrogen) atoms. The summed E-state index contributed by atoms with van der Waals surface area (Å²) in [6, 6.07) is 4.30. The molecule has 0 atom stereocenters. The minimum atomic E-state index is -0.401. The average molecular weight is 168 g/mol. The van der Waals surface area contributed by atoms with Gasteiger partial charge in [-0.3, -0.25) is 4.79 Å². The second kappa shape index (κ2) is 3.97. The molecule has 0 heterocycles. The highest BCUT2D eigenvalue weighted by molar-refractivity contribution is 5.74. The van der Waals surface area contributed by atoms with Crippen molar-refractivity contribution in [3.8, 4) is 0 Å². The van der Waals surface area contributed by atoms with Crippen LogP contribution in [0.15, 0.2) is 18.2 Å². The number of halogens is 1. The summed E-state index contributed by atoms with van der Waals surface area (Å²) in [5, 5.41) is 0. The Morgan fingerprint density at radius 3 is 2.83 bits per heavy atom. The Balaban J connectivity index is 2.94. The largest absolute Gasteiger partial charge is 0.380 e. The van der Waals surface area contributed by atoms with E-state index >= 15 is 0 Å². The van der Waals surface area contributed by atoms with Crippen molar-refractivity contribution in [1.29, 1.82) is 0 Å². The van der Waals surface area contributed by atoms with E-state index < -0.39 is 5.82 Å². The fraction of sp³-hybridized carbons (Fsp3) is 0.222. The van der Waals surface area contributed by atoms with Gasteiger partial charge >= 0.3 is 0 Å². The number of aldehydes is 1. The number of hydrogen-bond acceptors (Lipinski definition) is 2. The average Bonchev–Trinajstić information content (AvgIpc) is 2.09. The molecule has 0 aliphatic heterocycles. The molecule has 0 fully saturated rings. The van der Waals surface area contributed by atoms with Crippen LogP contribution in [0.1, 0.15) is 15.9 Å². The highest BCUT2D eigenvalue weighted by Gasteiger charge is 2.01. The van der Waals surface area contributed by atoms with Crippen molar-refractivity contribution in [2.24, 2.45) is 0 Å². The molecule has 0 aliphatic rings. The van der Waals surface area contributed by atoms with Crippen LogP contribution >= 0.6 is 0 Å². The van der Waals surface area contributed by atoms with Crippen molar-refractivity contribution in [2.75, 3.05) is 7.11 Å². The second-order valence-electron chi connectivity index (χ2n) is 2.40. The van der Waals surface area contributed by atoms with Crippen molar-refractivity contribution in [3.05, 3.63) is 35.1 Å². The molecule has 64 valence electrons. The number of methoxy groups -OCH3 is 1. The maximum absolute atomic E-state index is 13.0. The minimum absolute atomic E-state index is 0.227. The number of hydrogen-bond donors (Lipinski definition) is 0. The van der Waals surface area contributed by atoms with E-state index in [2.05, 4.69) is 0 Å². The maximum Gasteiger partial charge on any atom is 0.150 e. The molecule has 0 aromatic heterocycles. The van der Waals surface area contributed by atoms with Crippen molar-refractivity contribution >= 4 is 6.29 Å². The third-order valence-electron chi connectivity index (χ3n) is 1.51. The summed E-state index contributed by atoms with van der Waals surface area (Å²) in [7, 11) is 1.49. The molecular weight excluding hydrogens is 159 g/mol. The summed E-state index contributed by atoms with van der Waals surface area (Å²) < 4.78 is 17.7. The highest BCUT2D eigenvalue weighted by atomic mass is 19.1. The Labute approximate surface area is 70.0 Å². The maximum atomic E-state index is 13.0. The van der Waals surface area contributed by atoms with Crippen LogP contribution in [0.4, 0.5) is 4.39 Å². The van der Waals surface area contributed by atoms with E-state index in [9.17, 15) is 9.18 Å². The Hall–Kier alpha value is -1.22. The van der Waals surface area contributed by atoms with Crippen molar-refractivity contribution in [3.63, 3.8) is 0 Å². The Kier molecular flexibility index (Phi) is 2.94. The number of rotatable bonds is 3. The van der Waals surface area contributed by atoms with Crippen molar-refractivity contribution in [2.45, 2.75) is 6.61 Å². The fourth-order valence-electron chi connectivity index (χ4n) is 0.909. The molecule has 0 radical (unpaired) electrons. The monoisotopic (exact) mass is 168 g/mol. The smallest absolute Gasteiger partial charge is 0.150 e. The summed E-state index contributed by atoms with van der Waals surface area (Å²) in [5.41, 5.74) is 0.801. The van der Waals surface area contributed by atoms with E-state index in [-0.39, 0.29) is 6.61 Å². The van der Waals surface area contributed by atoms with Crippen LogP contribution in [0, 0.1) is 5.82 Å². The van der Waals surface area contributed by atoms with Crippen molar-refractivity contribution < 1.29 is 13.9 Å². The lowest BCUT2D eigenvalue weighted by Gasteiger charge is -2.00. The minimum Gasteiger partial charge on any atom is -0.380 e. The highest BCUT2D eigenvalue weighted by Crippen LogP contribution is 2.09. The summed E-state index contributed by atoms with van der Waals surface area (Å²) in [5.74, 6) is -0.401. The van der Waals surface area contributed by atoms with Gasteiger partial charge in [0, 0.05) is 18.2 Å². The molecule has 0 saturated carbocycles. The van der Waals surface area contributed by atoms with E-state index in [1.165, 1.54) is 13.2 Å². The zero-order chi connectivity index (χ0) is 8.97. The summed E-state index contributed by atoms with van der Waals surface area (Å²) >= 11 is 0. The van der Waals surface area contributed by atoms with Crippen LogP contribution in [0.3, 0.4) is 0 Å². The van der Waals surface area contributed by atoms with Gasteiger partial charge in [-0.15, -0.1) is 0 Å². The lowest BCUT2D eigenvalue weighted by atomic mass is 10.1. The van der Waals surface area contributed by atoms with Gasteiger partial charge in [-0.1, -0.05) is 12.1 Å². The van der Waals surface area contributed by atoms with E-state index in [1.807, 2.05) is 0 Å². The molecule has 1 aromatic carbocycles. The lowest BCUT2D eigenvalue weighted by Crippen LogP contribution is -1.93. The van der Waals surface area contributed by atoms with Crippen LogP contribution in [-0.2, 0) is 11.3 Å². The Morgan fingerprint density at radius 2 is 2.33 bits per heavy atom. The van der Waals surface area contributed by atoms with E-state index in [0.717, 1.165) is 0 Å². The van der Waals surface area contributed by atoms with Gasteiger partial charge in [0.1, 0.15) is 12.1 Å². The molecule has 1 rings (SSSR count). The van der Waals surface area contributed by atoms with Gasteiger partial charge < -0.3 is 4.74 Å². The van der Waals surface area contributed by atoms with E-state index in [1.54, 1.807) is 12.1 Å². The molecule has 0 N–H and O–H groups in total. The number of ether oxygens (including phenoxy) is 1. The molecular formula is C9H9FO2. The fourth-order valence-corrected chi connectivity index (χ4v) is 0.909. The van der Waals surface area contributed by atoms with Crippen LogP contribution in [0.5, 0.6) is 0 Å².